The van der Waals surface area contributed by atoms with Crippen molar-refractivity contribution in [1.29, 1.82) is 0 Å². The zero-order valence-electron chi connectivity index (χ0n) is 21.4. The minimum absolute atomic E-state index is 0.253. The van der Waals surface area contributed by atoms with Crippen LogP contribution in [0.15, 0.2) is 69.6 Å². The summed E-state index contributed by atoms with van der Waals surface area (Å²) in [5.74, 6) is -0.591. The molecule has 0 radical (unpaired) electrons. The molecule has 0 saturated carbocycles. The predicted molar refractivity (Wildman–Crippen MR) is 145 cm³/mol. The third-order valence-corrected chi connectivity index (χ3v) is 6.86. The third-order valence-electron chi connectivity index (χ3n) is 5.63. The molecule has 0 unspecified atom stereocenters. The number of rotatable bonds is 8. The average Bonchev–Trinajstić information content (AvgIpc) is 3.17. The Bertz CT molecular complexity index is 1570. The zero-order valence-corrected chi connectivity index (χ0v) is 23.0. The summed E-state index contributed by atoms with van der Waals surface area (Å²) in [5, 5.41) is 0.535. The van der Waals surface area contributed by atoms with Gasteiger partial charge in [0.1, 0.15) is 5.75 Å². The molecule has 3 aromatic rings. The summed E-state index contributed by atoms with van der Waals surface area (Å²) < 4.78 is 18.0. The summed E-state index contributed by atoms with van der Waals surface area (Å²) in [6.45, 7) is 6.99. The van der Waals surface area contributed by atoms with Gasteiger partial charge in [0, 0.05) is 10.6 Å². The number of hydrogen-bond acceptors (Lipinski definition) is 8. The summed E-state index contributed by atoms with van der Waals surface area (Å²) in [5.41, 5.74) is 1.75. The standard InChI is InChI=1S/C28H27ClN2O6S/c1-5-35-23(32)15-36-21-9-7-6-8-19(21)14-22-26(33)31-25(18-10-12-20(29)13-11-18)24(27(34)37-16(2)3)17(4)30-28(31)38-22/h6-14,16,25H,5,15H2,1-4H3/b22-14-/t25-/m0/s1. The van der Waals surface area contributed by atoms with Gasteiger partial charge >= 0.3 is 11.9 Å². The Morgan fingerprint density at radius 3 is 2.55 bits per heavy atom. The van der Waals surface area contributed by atoms with Gasteiger partial charge in [0.25, 0.3) is 5.56 Å². The molecular formula is C28H27ClN2O6S. The highest BCUT2D eigenvalue weighted by atomic mass is 35.5. The van der Waals surface area contributed by atoms with Crippen molar-refractivity contribution in [3.63, 3.8) is 0 Å². The van der Waals surface area contributed by atoms with Crippen LogP contribution in [-0.2, 0) is 19.1 Å². The molecule has 1 aromatic heterocycles. The fourth-order valence-electron chi connectivity index (χ4n) is 4.03. The number of para-hydroxylation sites is 1. The van der Waals surface area contributed by atoms with Gasteiger partial charge in [0.15, 0.2) is 11.4 Å². The Balaban J connectivity index is 1.84. The van der Waals surface area contributed by atoms with E-state index in [9.17, 15) is 14.4 Å². The molecule has 0 spiro atoms. The number of esters is 2. The zero-order chi connectivity index (χ0) is 27.4. The molecule has 1 atom stereocenters. The van der Waals surface area contributed by atoms with E-state index in [0.717, 1.165) is 0 Å². The highest BCUT2D eigenvalue weighted by Gasteiger charge is 2.33. The SMILES string of the molecule is CCOC(=O)COc1ccccc1/C=c1\sc2n(c1=O)[C@@H](c1ccc(Cl)cc1)C(C(=O)OC(C)C)=C(C)N=2. The molecule has 0 amide bonds. The lowest BCUT2D eigenvalue weighted by Gasteiger charge is -2.25. The number of carbonyl (C=O) groups excluding carboxylic acids is 2. The van der Waals surface area contributed by atoms with E-state index >= 15 is 0 Å². The number of benzene rings is 2. The lowest BCUT2D eigenvalue weighted by Crippen LogP contribution is -2.40. The highest BCUT2D eigenvalue weighted by Crippen LogP contribution is 2.31. The van der Waals surface area contributed by atoms with Crippen molar-refractivity contribution in [2.75, 3.05) is 13.2 Å². The predicted octanol–water partition coefficient (Wildman–Crippen LogP) is 3.78. The lowest BCUT2D eigenvalue weighted by molar-refractivity contribution is -0.145. The summed E-state index contributed by atoms with van der Waals surface area (Å²) in [6.07, 6.45) is 1.35. The first kappa shape index (κ1) is 27.3. The van der Waals surface area contributed by atoms with Gasteiger partial charge in [0.05, 0.1) is 34.6 Å². The van der Waals surface area contributed by atoms with E-state index in [1.165, 1.54) is 15.9 Å². The molecular weight excluding hydrogens is 528 g/mol. The third kappa shape index (κ3) is 5.89. The molecule has 0 saturated heterocycles. The van der Waals surface area contributed by atoms with E-state index in [1.54, 1.807) is 82.3 Å². The molecule has 0 aliphatic carbocycles. The lowest BCUT2D eigenvalue weighted by atomic mass is 9.96. The van der Waals surface area contributed by atoms with Crippen LogP contribution in [0, 0.1) is 0 Å². The average molecular weight is 555 g/mol. The molecule has 2 heterocycles. The first-order chi connectivity index (χ1) is 18.2. The van der Waals surface area contributed by atoms with Crippen molar-refractivity contribution in [1.82, 2.24) is 4.57 Å². The van der Waals surface area contributed by atoms with Gasteiger partial charge in [0.2, 0.25) is 0 Å². The van der Waals surface area contributed by atoms with Crippen LogP contribution in [-0.4, -0.2) is 35.8 Å². The topological polar surface area (TPSA) is 96.2 Å². The number of hydrogen-bond donors (Lipinski definition) is 0. The molecule has 10 heteroatoms. The first-order valence-corrected chi connectivity index (χ1v) is 13.3. The fourth-order valence-corrected chi connectivity index (χ4v) is 5.20. The van der Waals surface area contributed by atoms with Crippen LogP contribution in [0.4, 0.5) is 0 Å². The maximum absolute atomic E-state index is 13.8. The number of allylic oxidation sites excluding steroid dienone is 1. The van der Waals surface area contributed by atoms with Crippen molar-refractivity contribution in [2.45, 2.75) is 39.8 Å². The number of fused-ring (bicyclic) bond motifs is 1. The first-order valence-electron chi connectivity index (χ1n) is 12.1. The maximum Gasteiger partial charge on any atom is 0.344 e. The van der Waals surface area contributed by atoms with Crippen LogP contribution in [0.1, 0.15) is 44.9 Å². The van der Waals surface area contributed by atoms with E-state index in [0.29, 0.717) is 36.9 Å². The van der Waals surface area contributed by atoms with E-state index in [2.05, 4.69) is 4.99 Å². The largest absolute Gasteiger partial charge is 0.481 e. The van der Waals surface area contributed by atoms with Crippen molar-refractivity contribution >= 4 is 41.0 Å². The monoisotopic (exact) mass is 554 g/mol. The Hall–Kier alpha value is -3.69. The number of halogens is 1. The smallest absolute Gasteiger partial charge is 0.344 e. The molecule has 38 heavy (non-hydrogen) atoms. The summed E-state index contributed by atoms with van der Waals surface area (Å²) in [4.78, 5) is 43.8. The Morgan fingerprint density at radius 1 is 1.16 bits per heavy atom. The summed E-state index contributed by atoms with van der Waals surface area (Å²) >= 11 is 7.32. The van der Waals surface area contributed by atoms with E-state index in [1.807, 2.05) is 0 Å². The Kier molecular flexibility index (Phi) is 8.48. The van der Waals surface area contributed by atoms with Gasteiger partial charge in [-0.15, -0.1) is 0 Å². The van der Waals surface area contributed by atoms with Gasteiger partial charge in [-0.2, -0.15) is 0 Å². The van der Waals surface area contributed by atoms with Gasteiger partial charge in [-0.05, 0) is 57.5 Å². The van der Waals surface area contributed by atoms with E-state index in [4.69, 9.17) is 25.8 Å². The molecule has 4 rings (SSSR count). The van der Waals surface area contributed by atoms with Crippen LogP contribution in [0.3, 0.4) is 0 Å². The van der Waals surface area contributed by atoms with E-state index < -0.39 is 18.0 Å². The fraction of sp³-hybridized carbons (Fsp3) is 0.286. The Morgan fingerprint density at radius 2 is 1.87 bits per heavy atom. The summed E-state index contributed by atoms with van der Waals surface area (Å²) in [6, 6.07) is 13.3. The molecule has 8 nitrogen and oxygen atoms in total. The van der Waals surface area contributed by atoms with Crippen LogP contribution >= 0.6 is 22.9 Å². The minimum Gasteiger partial charge on any atom is -0.481 e. The maximum atomic E-state index is 13.8. The molecule has 2 aromatic carbocycles. The number of aromatic nitrogens is 1. The number of ether oxygens (including phenoxy) is 3. The van der Waals surface area contributed by atoms with Crippen molar-refractivity contribution in [3.8, 4) is 5.75 Å². The number of thiazole rings is 1. The van der Waals surface area contributed by atoms with Crippen LogP contribution in [0.5, 0.6) is 5.75 Å². The highest BCUT2D eigenvalue weighted by molar-refractivity contribution is 7.07. The van der Waals surface area contributed by atoms with Crippen molar-refractivity contribution in [3.05, 3.63) is 95.6 Å². The van der Waals surface area contributed by atoms with Crippen LogP contribution in [0.25, 0.3) is 6.08 Å². The second-order valence-electron chi connectivity index (χ2n) is 8.72. The number of nitrogens with zero attached hydrogens (tertiary/aromatic N) is 2. The minimum atomic E-state index is -0.743. The second kappa shape index (κ2) is 11.8. The molecule has 1 aliphatic heterocycles. The summed E-state index contributed by atoms with van der Waals surface area (Å²) in [7, 11) is 0. The van der Waals surface area contributed by atoms with Gasteiger partial charge < -0.3 is 14.2 Å². The van der Waals surface area contributed by atoms with Crippen LogP contribution < -0.4 is 19.6 Å². The number of carbonyl (C=O) groups is 2. The molecule has 198 valence electrons. The van der Waals surface area contributed by atoms with Gasteiger partial charge in [-0.25, -0.2) is 14.6 Å². The normalized spacial score (nSPS) is 15.2. The molecule has 0 N–H and O–H groups in total. The van der Waals surface area contributed by atoms with Crippen molar-refractivity contribution in [2.24, 2.45) is 4.99 Å². The molecule has 0 bridgehead atoms. The quantitative estimate of drug-likeness (QED) is 0.393. The van der Waals surface area contributed by atoms with E-state index in [-0.39, 0.29) is 30.5 Å². The second-order valence-corrected chi connectivity index (χ2v) is 10.2. The van der Waals surface area contributed by atoms with Gasteiger partial charge in [-0.3, -0.25) is 9.36 Å². The Labute approximate surface area is 228 Å². The van der Waals surface area contributed by atoms with Gasteiger partial charge in [-0.1, -0.05) is 53.3 Å². The molecule has 0 fully saturated rings. The molecule has 1 aliphatic rings. The van der Waals surface area contributed by atoms with Crippen LogP contribution in [0.2, 0.25) is 5.02 Å². The van der Waals surface area contributed by atoms with Crippen molar-refractivity contribution < 1.29 is 23.8 Å².